The van der Waals surface area contributed by atoms with Crippen molar-refractivity contribution in [3.8, 4) is 0 Å². The van der Waals surface area contributed by atoms with Crippen LogP contribution in [0.15, 0.2) is 0 Å². The van der Waals surface area contributed by atoms with E-state index >= 15 is 0 Å². The predicted octanol–water partition coefficient (Wildman–Crippen LogP) is 2.80. The molecule has 74 valence electrons. The zero-order valence-corrected chi connectivity index (χ0v) is 9.45. The lowest BCUT2D eigenvalue weighted by Crippen LogP contribution is -2.37. The molecule has 0 amide bonds. The van der Waals surface area contributed by atoms with Gasteiger partial charge < -0.3 is 5.11 Å². The van der Waals surface area contributed by atoms with Crippen LogP contribution in [-0.4, -0.2) is 26.4 Å². The molecule has 0 bridgehead atoms. The Morgan fingerprint density at radius 2 is 1.75 bits per heavy atom. The minimum Gasteiger partial charge on any atom is -0.395 e. The van der Waals surface area contributed by atoms with E-state index in [0.29, 0.717) is 0 Å². The molecule has 0 saturated heterocycles. The number of aliphatic hydroxyl groups is 1. The summed E-state index contributed by atoms with van der Waals surface area (Å²) < 4.78 is 48.2. The molecule has 0 aliphatic rings. The van der Waals surface area contributed by atoms with E-state index in [1.807, 2.05) is 0 Å². The highest BCUT2D eigenvalue weighted by Gasteiger charge is 2.54. The first-order valence-electron chi connectivity index (χ1n) is 2.90. The van der Waals surface area contributed by atoms with Crippen molar-refractivity contribution in [2.24, 2.45) is 0 Å². The summed E-state index contributed by atoms with van der Waals surface area (Å²) in [4.78, 5) is -4.21. The molecule has 0 radical (unpaired) electrons. The van der Waals surface area contributed by atoms with Crippen molar-refractivity contribution in [1.29, 1.82) is 0 Å². The molecule has 0 heterocycles. The number of alkyl halides is 6. The van der Waals surface area contributed by atoms with Crippen LogP contribution in [0.25, 0.3) is 0 Å². The third kappa shape index (κ3) is 3.73. The molecule has 0 aliphatic carbocycles. The molecule has 7 heteroatoms. The van der Waals surface area contributed by atoms with E-state index in [4.69, 9.17) is 5.11 Å². The summed E-state index contributed by atoms with van der Waals surface area (Å²) in [5, 5.41) is 8.36. The second-order valence-electron chi connectivity index (χ2n) is 2.19. The van der Waals surface area contributed by atoms with Crippen molar-refractivity contribution in [3.63, 3.8) is 0 Å². The molecule has 12 heavy (non-hydrogen) atoms. The fraction of sp³-hybridized carbons (Fsp3) is 1.00. The lowest BCUT2D eigenvalue weighted by atomic mass is 10.2. The number of rotatable bonds is 4. The van der Waals surface area contributed by atoms with Gasteiger partial charge in [0.15, 0.2) is 0 Å². The molecule has 1 N–H and O–H groups in total. The molecule has 0 fully saturated rings. The first-order valence-corrected chi connectivity index (χ1v) is 4.94. The molecular weight excluding hydrogens is 359 g/mol. The Hall–Kier alpha value is 0.890. The number of hydrogen-bond donors (Lipinski definition) is 1. The average molecular weight is 365 g/mol. The number of hydrogen-bond acceptors (Lipinski definition) is 1. The van der Waals surface area contributed by atoms with E-state index in [-0.39, 0.29) is 0 Å². The average Bonchev–Trinajstić information content (AvgIpc) is 1.84. The molecule has 0 rings (SSSR count). The molecule has 1 nitrogen and oxygen atoms in total. The van der Waals surface area contributed by atoms with E-state index < -0.39 is 27.7 Å². The van der Waals surface area contributed by atoms with E-state index in [2.05, 4.69) is 0 Å². The van der Waals surface area contributed by atoms with Gasteiger partial charge >= 0.3 is 10.8 Å². The van der Waals surface area contributed by atoms with Crippen molar-refractivity contribution in [3.05, 3.63) is 0 Å². The Morgan fingerprint density at radius 1 is 1.33 bits per heavy atom. The quantitative estimate of drug-likeness (QED) is 0.462. The maximum absolute atomic E-state index is 12.5. The summed E-state index contributed by atoms with van der Waals surface area (Å²) >= 11 is 3.08. The van der Waals surface area contributed by atoms with Gasteiger partial charge in [0.2, 0.25) is 0 Å². The maximum Gasteiger partial charge on any atom is 0.363 e. The Kier molecular flexibility index (Phi) is 4.73. The summed E-state index contributed by atoms with van der Waals surface area (Å²) in [6, 6.07) is 0. The maximum atomic E-state index is 12.5. The highest BCUT2D eigenvalue weighted by molar-refractivity contribution is 14.1. The van der Waals surface area contributed by atoms with Crippen LogP contribution in [0.3, 0.4) is 0 Å². The lowest BCUT2D eigenvalue weighted by molar-refractivity contribution is -0.151. The SMILES string of the molecule is OC[C@@H](I)CC(F)(F)C(F)(F)Br. The molecule has 0 aromatic carbocycles. The Labute approximate surface area is 88.8 Å². The molecule has 0 aromatic rings. The van der Waals surface area contributed by atoms with Crippen LogP contribution >= 0.6 is 38.5 Å². The number of halogens is 6. The van der Waals surface area contributed by atoms with Gasteiger partial charge in [-0.15, -0.1) is 0 Å². The third-order valence-corrected chi connectivity index (χ3v) is 2.51. The Bertz CT molecular complexity index is 149. The van der Waals surface area contributed by atoms with Gasteiger partial charge in [0.1, 0.15) is 0 Å². The second-order valence-corrected chi connectivity index (χ2v) is 4.94. The largest absolute Gasteiger partial charge is 0.395 e. The molecule has 0 spiro atoms. The zero-order valence-electron chi connectivity index (χ0n) is 5.71. The summed E-state index contributed by atoms with van der Waals surface area (Å²) in [7, 11) is 0. The van der Waals surface area contributed by atoms with Gasteiger partial charge in [-0.3, -0.25) is 0 Å². The molecular formula is C5H6BrF4IO. The molecule has 0 aliphatic heterocycles. The fourth-order valence-electron chi connectivity index (χ4n) is 0.458. The van der Waals surface area contributed by atoms with Gasteiger partial charge in [0, 0.05) is 10.3 Å². The van der Waals surface area contributed by atoms with Crippen LogP contribution in [0.2, 0.25) is 0 Å². The van der Waals surface area contributed by atoms with E-state index in [1.165, 1.54) is 22.6 Å². The van der Waals surface area contributed by atoms with Crippen LogP contribution in [0.1, 0.15) is 6.42 Å². The highest BCUT2D eigenvalue weighted by atomic mass is 127. The first kappa shape index (κ1) is 12.9. The third-order valence-electron chi connectivity index (χ3n) is 1.09. The van der Waals surface area contributed by atoms with Gasteiger partial charge in [0.25, 0.3) is 0 Å². The van der Waals surface area contributed by atoms with E-state index in [1.54, 1.807) is 15.9 Å². The summed E-state index contributed by atoms with van der Waals surface area (Å²) in [6.45, 7) is -0.542. The molecule has 0 unspecified atom stereocenters. The van der Waals surface area contributed by atoms with Gasteiger partial charge in [-0.1, -0.05) is 22.6 Å². The van der Waals surface area contributed by atoms with Gasteiger partial charge in [-0.2, -0.15) is 17.6 Å². The molecule has 0 aromatic heterocycles. The van der Waals surface area contributed by atoms with Crippen molar-refractivity contribution in [2.75, 3.05) is 6.61 Å². The Morgan fingerprint density at radius 3 is 2.00 bits per heavy atom. The molecule has 0 saturated carbocycles. The van der Waals surface area contributed by atoms with Crippen molar-refractivity contribution < 1.29 is 22.7 Å². The summed E-state index contributed by atoms with van der Waals surface area (Å²) in [6.07, 6.45) is -1.05. The van der Waals surface area contributed by atoms with Crippen LogP contribution in [0, 0.1) is 0 Å². The minimum atomic E-state index is -4.21. The Balaban J connectivity index is 4.22. The van der Waals surface area contributed by atoms with Crippen LogP contribution in [0.4, 0.5) is 17.6 Å². The number of aliphatic hydroxyl groups excluding tert-OH is 1. The monoisotopic (exact) mass is 364 g/mol. The van der Waals surface area contributed by atoms with Gasteiger partial charge in [-0.25, -0.2) is 0 Å². The standard InChI is InChI=1S/C5H6BrF4IO/c6-5(9,10)4(7,8)1-3(11)2-12/h3,12H,1-2H2/t3-/m0/s1. The minimum absolute atomic E-state index is 0.542. The second kappa shape index (κ2) is 4.41. The zero-order chi connectivity index (χ0) is 9.99. The van der Waals surface area contributed by atoms with E-state index in [9.17, 15) is 17.6 Å². The predicted molar refractivity (Wildman–Crippen MR) is 48.3 cm³/mol. The van der Waals surface area contributed by atoms with Crippen LogP contribution in [0.5, 0.6) is 0 Å². The normalized spacial score (nSPS) is 16.2. The topological polar surface area (TPSA) is 20.2 Å². The van der Waals surface area contributed by atoms with Crippen molar-refractivity contribution in [2.45, 2.75) is 21.1 Å². The first-order chi connectivity index (χ1) is 5.20. The van der Waals surface area contributed by atoms with Crippen molar-refractivity contribution in [1.82, 2.24) is 0 Å². The summed E-state index contributed by atoms with van der Waals surface area (Å²) in [5.41, 5.74) is 0. The lowest BCUT2D eigenvalue weighted by Gasteiger charge is -2.22. The fourth-order valence-corrected chi connectivity index (χ4v) is 1.17. The summed E-state index contributed by atoms with van der Waals surface area (Å²) in [5.74, 6) is -4.12. The van der Waals surface area contributed by atoms with Gasteiger partial charge in [-0.05, 0) is 15.9 Å². The smallest absolute Gasteiger partial charge is 0.363 e. The highest BCUT2D eigenvalue weighted by Crippen LogP contribution is 2.43. The van der Waals surface area contributed by atoms with Crippen molar-refractivity contribution >= 4 is 38.5 Å². The van der Waals surface area contributed by atoms with E-state index in [0.717, 1.165) is 0 Å². The van der Waals surface area contributed by atoms with Gasteiger partial charge in [0.05, 0.1) is 6.61 Å². The van der Waals surface area contributed by atoms with Crippen LogP contribution in [-0.2, 0) is 0 Å². The molecule has 1 atom stereocenters. The van der Waals surface area contributed by atoms with Crippen LogP contribution < -0.4 is 0 Å².